The average Bonchev–Trinajstić information content (AvgIpc) is 2.94. The third-order valence-corrected chi connectivity index (χ3v) is 4.47. The molecule has 0 saturated carbocycles. The summed E-state index contributed by atoms with van der Waals surface area (Å²) in [4.78, 5) is 11.2. The summed E-state index contributed by atoms with van der Waals surface area (Å²) in [6, 6.07) is 0. The molecule has 0 aliphatic rings. The molecule has 0 amide bonds. The van der Waals surface area contributed by atoms with E-state index in [1.807, 2.05) is 14.0 Å². The van der Waals surface area contributed by atoms with Crippen LogP contribution in [0, 0.1) is 6.92 Å². The third-order valence-electron chi connectivity index (χ3n) is 3.65. The molecule has 0 fully saturated rings. The molecule has 0 aliphatic heterocycles. The summed E-state index contributed by atoms with van der Waals surface area (Å²) in [5, 5.41) is 9.97. The van der Waals surface area contributed by atoms with E-state index in [2.05, 4.69) is 44.7 Å². The van der Waals surface area contributed by atoms with Gasteiger partial charge in [0.1, 0.15) is 0 Å². The number of unbranched alkanes of at least 4 members (excludes halogenated alkanes) is 1. The van der Waals surface area contributed by atoms with Gasteiger partial charge in [-0.25, -0.2) is 4.98 Å². The summed E-state index contributed by atoms with van der Waals surface area (Å²) < 4.78 is 0. The molecule has 0 spiro atoms. The maximum absolute atomic E-state index is 4.47. The van der Waals surface area contributed by atoms with Crippen molar-refractivity contribution in [2.45, 2.75) is 40.0 Å². The number of nitrogens with zero attached hydrogens (tertiary/aromatic N) is 3. The number of aromatic nitrogens is 1. The zero-order valence-electron chi connectivity index (χ0n) is 14.5. The summed E-state index contributed by atoms with van der Waals surface area (Å²) in [6.45, 7) is 11.8. The van der Waals surface area contributed by atoms with Crippen molar-refractivity contribution in [1.82, 2.24) is 20.5 Å². The fraction of sp³-hybridized carbons (Fsp3) is 0.750. The molecule has 126 valence electrons. The van der Waals surface area contributed by atoms with Crippen LogP contribution in [0.1, 0.15) is 37.4 Å². The highest BCUT2D eigenvalue weighted by Crippen LogP contribution is 2.07. The van der Waals surface area contributed by atoms with E-state index in [0.717, 1.165) is 49.3 Å². The predicted molar refractivity (Wildman–Crippen MR) is 96.9 cm³/mol. The molecule has 5 nitrogen and oxygen atoms in total. The largest absolute Gasteiger partial charge is 0.356 e. The Morgan fingerprint density at radius 1 is 1.23 bits per heavy atom. The number of rotatable bonds is 10. The standard InChI is InChI=1S/C16H31N5S/c1-5-21(6-2)12-8-7-10-18-16(17-4)19-11-9-15-13-22-14(3)20-15/h13H,5-12H2,1-4H3,(H2,17,18,19). The SMILES string of the molecule is CCN(CC)CCCCNC(=NC)NCCc1csc(C)n1. The minimum absolute atomic E-state index is 0.863. The number of guanidine groups is 1. The topological polar surface area (TPSA) is 52.5 Å². The first-order chi connectivity index (χ1) is 10.7. The first kappa shape index (κ1) is 18.9. The van der Waals surface area contributed by atoms with Crippen molar-refractivity contribution < 1.29 is 0 Å². The minimum Gasteiger partial charge on any atom is -0.356 e. The van der Waals surface area contributed by atoms with Gasteiger partial charge < -0.3 is 15.5 Å². The molecular weight excluding hydrogens is 294 g/mol. The number of thiazole rings is 1. The van der Waals surface area contributed by atoms with Crippen LogP contribution in [0.5, 0.6) is 0 Å². The van der Waals surface area contributed by atoms with Crippen LogP contribution in [0.15, 0.2) is 10.4 Å². The maximum atomic E-state index is 4.47. The lowest BCUT2D eigenvalue weighted by Gasteiger charge is -2.18. The quantitative estimate of drug-likeness (QED) is 0.394. The second kappa shape index (κ2) is 11.4. The van der Waals surface area contributed by atoms with Crippen molar-refractivity contribution in [1.29, 1.82) is 0 Å². The molecule has 0 saturated heterocycles. The van der Waals surface area contributed by atoms with E-state index in [0.29, 0.717) is 0 Å². The Balaban J connectivity index is 2.09. The summed E-state index contributed by atoms with van der Waals surface area (Å²) in [7, 11) is 1.82. The first-order valence-corrected chi connectivity index (χ1v) is 9.15. The number of nitrogens with one attached hydrogen (secondary N) is 2. The highest BCUT2D eigenvalue weighted by atomic mass is 32.1. The minimum atomic E-state index is 0.863. The van der Waals surface area contributed by atoms with Crippen molar-refractivity contribution in [3.63, 3.8) is 0 Å². The van der Waals surface area contributed by atoms with E-state index in [-0.39, 0.29) is 0 Å². The average molecular weight is 326 g/mol. The Kier molecular flexibility index (Phi) is 9.82. The van der Waals surface area contributed by atoms with Crippen LogP contribution in [0.25, 0.3) is 0 Å². The summed E-state index contributed by atoms with van der Waals surface area (Å²) >= 11 is 1.71. The Hall–Kier alpha value is -1.14. The van der Waals surface area contributed by atoms with Gasteiger partial charge in [-0.3, -0.25) is 4.99 Å². The Morgan fingerprint density at radius 2 is 1.95 bits per heavy atom. The van der Waals surface area contributed by atoms with Gasteiger partial charge in [-0.15, -0.1) is 11.3 Å². The van der Waals surface area contributed by atoms with Crippen LogP contribution in [0.4, 0.5) is 0 Å². The van der Waals surface area contributed by atoms with Gasteiger partial charge in [0.2, 0.25) is 0 Å². The second-order valence-electron chi connectivity index (χ2n) is 5.27. The van der Waals surface area contributed by atoms with Crippen molar-refractivity contribution in [3.8, 4) is 0 Å². The zero-order chi connectivity index (χ0) is 16.2. The fourth-order valence-corrected chi connectivity index (χ4v) is 2.91. The smallest absolute Gasteiger partial charge is 0.190 e. The van der Waals surface area contributed by atoms with Gasteiger partial charge in [0.15, 0.2) is 5.96 Å². The van der Waals surface area contributed by atoms with Gasteiger partial charge in [0.05, 0.1) is 10.7 Å². The third kappa shape index (κ3) is 7.75. The highest BCUT2D eigenvalue weighted by molar-refractivity contribution is 7.09. The zero-order valence-corrected chi connectivity index (χ0v) is 15.3. The lowest BCUT2D eigenvalue weighted by Crippen LogP contribution is -2.39. The van der Waals surface area contributed by atoms with Gasteiger partial charge >= 0.3 is 0 Å². The monoisotopic (exact) mass is 325 g/mol. The summed E-state index contributed by atoms with van der Waals surface area (Å²) in [6.07, 6.45) is 3.33. The molecular formula is C16H31N5S. The lowest BCUT2D eigenvalue weighted by atomic mass is 10.3. The Labute approximate surface area is 139 Å². The number of hydrogen-bond acceptors (Lipinski definition) is 4. The first-order valence-electron chi connectivity index (χ1n) is 8.27. The molecule has 0 aromatic carbocycles. The molecule has 22 heavy (non-hydrogen) atoms. The van der Waals surface area contributed by atoms with E-state index in [4.69, 9.17) is 0 Å². The Bertz CT molecular complexity index is 426. The van der Waals surface area contributed by atoms with Gasteiger partial charge in [-0.2, -0.15) is 0 Å². The molecule has 1 heterocycles. The molecule has 0 radical (unpaired) electrons. The predicted octanol–water partition coefficient (Wildman–Crippen LogP) is 2.28. The van der Waals surface area contributed by atoms with Gasteiger partial charge in [0.25, 0.3) is 0 Å². The van der Waals surface area contributed by atoms with Crippen LogP contribution in [-0.2, 0) is 6.42 Å². The van der Waals surface area contributed by atoms with Crippen molar-refractivity contribution in [3.05, 3.63) is 16.1 Å². The van der Waals surface area contributed by atoms with E-state index >= 15 is 0 Å². The molecule has 6 heteroatoms. The number of aliphatic imine (C=N–C) groups is 1. The molecule has 1 rings (SSSR count). The van der Waals surface area contributed by atoms with E-state index in [1.54, 1.807) is 11.3 Å². The van der Waals surface area contributed by atoms with Crippen LogP contribution in [-0.4, -0.2) is 55.6 Å². The molecule has 0 bridgehead atoms. The lowest BCUT2D eigenvalue weighted by molar-refractivity contribution is 0.297. The molecule has 1 aromatic heterocycles. The van der Waals surface area contributed by atoms with Gasteiger partial charge in [-0.05, 0) is 39.4 Å². The summed E-state index contributed by atoms with van der Waals surface area (Å²) in [5.74, 6) is 0.884. The molecule has 1 aromatic rings. The number of hydrogen-bond donors (Lipinski definition) is 2. The Morgan fingerprint density at radius 3 is 2.55 bits per heavy atom. The van der Waals surface area contributed by atoms with E-state index in [9.17, 15) is 0 Å². The summed E-state index contributed by atoms with van der Waals surface area (Å²) in [5.41, 5.74) is 1.16. The van der Waals surface area contributed by atoms with Gasteiger partial charge in [-0.1, -0.05) is 13.8 Å². The van der Waals surface area contributed by atoms with Gasteiger partial charge in [0, 0.05) is 31.9 Å². The van der Waals surface area contributed by atoms with E-state index < -0.39 is 0 Å². The number of aryl methyl sites for hydroxylation is 1. The van der Waals surface area contributed by atoms with Crippen molar-refractivity contribution in [2.24, 2.45) is 4.99 Å². The van der Waals surface area contributed by atoms with Crippen molar-refractivity contribution >= 4 is 17.3 Å². The van der Waals surface area contributed by atoms with Crippen molar-refractivity contribution in [2.75, 3.05) is 39.8 Å². The maximum Gasteiger partial charge on any atom is 0.190 e. The van der Waals surface area contributed by atoms with E-state index in [1.165, 1.54) is 19.4 Å². The fourth-order valence-electron chi connectivity index (χ4n) is 2.26. The molecule has 2 N–H and O–H groups in total. The second-order valence-corrected chi connectivity index (χ2v) is 6.33. The highest BCUT2D eigenvalue weighted by Gasteiger charge is 2.01. The molecule has 0 aliphatic carbocycles. The van der Waals surface area contributed by atoms with Crippen LogP contribution in [0.2, 0.25) is 0 Å². The molecule has 0 unspecified atom stereocenters. The normalized spacial score (nSPS) is 12.0. The van der Waals surface area contributed by atoms with Crippen LogP contribution < -0.4 is 10.6 Å². The molecule has 0 atom stereocenters. The van der Waals surface area contributed by atoms with Crippen LogP contribution in [0.3, 0.4) is 0 Å². The van der Waals surface area contributed by atoms with Crippen LogP contribution >= 0.6 is 11.3 Å².